The van der Waals surface area contributed by atoms with Gasteiger partial charge < -0.3 is 10.2 Å². The Balaban J connectivity index is 1.92. The molecule has 5 nitrogen and oxygen atoms in total. The SMILES string of the molecule is CC1CCC(CNc2nc(Cl)nc(N(C)C)n2)CC1. The van der Waals surface area contributed by atoms with Gasteiger partial charge in [0.25, 0.3) is 0 Å². The Morgan fingerprint density at radius 1 is 1.16 bits per heavy atom. The van der Waals surface area contributed by atoms with E-state index in [1.54, 1.807) is 0 Å². The molecular formula is C13H22ClN5. The molecular weight excluding hydrogens is 262 g/mol. The highest BCUT2D eigenvalue weighted by Gasteiger charge is 2.18. The van der Waals surface area contributed by atoms with Crippen LogP contribution < -0.4 is 10.2 Å². The summed E-state index contributed by atoms with van der Waals surface area (Å²) in [7, 11) is 3.77. The van der Waals surface area contributed by atoms with Crippen LogP contribution in [-0.2, 0) is 0 Å². The van der Waals surface area contributed by atoms with E-state index in [-0.39, 0.29) is 5.28 Å². The molecule has 1 heterocycles. The Kier molecular flexibility index (Phi) is 4.80. The minimum atomic E-state index is 0.235. The zero-order valence-electron chi connectivity index (χ0n) is 11.9. The van der Waals surface area contributed by atoms with E-state index < -0.39 is 0 Å². The number of halogens is 1. The summed E-state index contributed by atoms with van der Waals surface area (Å²) in [5, 5.41) is 3.53. The smallest absolute Gasteiger partial charge is 0.230 e. The van der Waals surface area contributed by atoms with Crippen LogP contribution in [0.3, 0.4) is 0 Å². The molecule has 6 heteroatoms. The number of anilines is 2. The molecule has 1 saturated carbocycles. The summed E-state index contributed by atoms with van der Waals surface area (Å²) < 4.78 is 0. The lowest BCUT2D eigenvalue weighted by Crippen LogP contribution is -2.22. The fraction of sp³-hybridized carbons (Fsp3) is 0.769. The number of nitrogens with one attached hydrogen (secondary N) is 1. The normalized spacial score (nSPS) is 23.2. The molecule has 1 aromatic heterocycles. The number of nitrogens with zero attached hydrogens (tertiary/aromatic N) is 4. The maximum Gasteiger partial charge on any atom is 0.230 e. The average Bonchev–Trinajstić information content (AvgIpc) is 2.37. The molecule has 1 N–H and O–H groups in total. The zero-order valence-corrected chi connectivity index (χ0v) is 12.6. The lowest BCUT2D eigenvalue weighted by molar-refractivity contribution is 0.300. The Morgan fingerprint density at radius 3 is 2.47 bits per heavy atom. The molecule has 0 aliphatic heterocycles. The van der Waals surface area contributed by atoms with Crippen LogP contribution in [0.15, 0.2) is 0 Å². The van der Waals surface area contributed by atoms with Gasteiger partial charge in [-0.25, -0.2) is 0 Å². The molecule has 0 radical (unpaired) electrons. The van der Waals surface area contributed by atoms with Gasteiger partial charge in [-0.3, -0.25) is 0 Å². The third kappa shape index (κ3) is 4.20. The third-order valence-corrected chi connectivity index (χ3v) is 3.85. The van der Waals surface area contributed by atoms with Crippen molar-refractivity contribution in [3.8, 4) is 0 Å². The van der Waals surface area contributed by atoms with Gasteiger partial charge in [0.15, 0.2) is 0 Å². The topological polar surface area (TPSA) is 53.9 Å². The van der Waals surface area contributed by atoms with E-state index >= 15 is 0 Å². The van der Waals surface area contributed by atoms with E-state index in [2.05, 4.69) is 27.2 Å². The number of aromatic nitrogens is 3. The van der Waals surface area contributed by atoms with Gasteiger partial charge in [0.1, 0.15) is 0 Å². The van der Waals surface area contributed by atoms with Crippen molar-refractivity contribution in [1.82, 2.24) is 15.0 Å². The molecule has 0 unspecified atom stereocenters. The lowest BCUT2D eigenvalue weighted by atomic mass is 9.83. The molecule has 0 bridgehead atoms. The average molecular weight is 284 g/mol. The van der Waals surface area contributed by atoms with Gasteiger partial charge in [-0.1, -0.05) is 19.8 Å². The predicted molar refractivity (Wildman–Crippen MR) is 78.8 cm³/mol. The van der Waals surface area contributed by atoms with E-state index in [0.717, 1.165) is 18.4 Å². The van der Waals surface area contributed by atoms with Crippen LogP contribution in [0.5, 0.6) is 0 Å². The minimum absolute atomic E-state index is 0.235. The summed E-state index contributed by atoms with van der Waals surface area (Å²) in [5.74, 6) is 2.75. The van der Waals surface area contributed by atoms with Crippen LogP contribution in [0.2, 0.25) is 5.28 Å². The number of hydrogen-bond acceptors (Lipinski definition) is 5. The van der Waals surface area contributed by atoms with Crippen molar-refractivity contribution in [3.63, 3.8) is 0 Å². The second-order valence-corrected chi connectivity index (χ2v) is 5.97. The van der Waals surface area contributed by atoms with Gasteiger partial charge in [0.2, 0.25) is 17.2 Å². The van der Waals surface area contributed by atoms with Crippen LogP contribution in [-0.4, -0.2) is 35.6 Å². The van der Waals surface area contributed by atoms with E-state index in [0.29, 0.717) is 11.9 Å². The highest BCUT2D eigenvalue weighted by atomic mass is 35.5. The standard InChI is InChI=1S/C13H22ClN5/c1-9-4-6-10(7-5-9)8-15-12-16-11(14)17-13(18-12)19(2)3/h9-10H,4-8H2,1-3H3,(H,15,16,17,18). The van der Waals surface area contributed by atoms with Crippen molar-refractivity contribution in [3.05, 3.63) is 5.28 Å². The first-order chi connectivity index (χ1) is 9.04. The fourth-order valence-electron chi connectivity index (χ4n) is 2.39. The highest BCUT2D eigenvalue weighted by Crippen LogP contribution is 2.28. The largest absolute Gasteiger partial charge is 0.354 e. The second-order valence-electron chi connectivity index (χ2n) is 5.63. The molecule has 0 saturated heterocycles. The van der Waals surface area contributed by atoms with Crippen molar-refractivity contribution < 1.29 is 0 Å². The van der Waals surface area contributed by atoms with Gasteiger partial charge in [0.05, 0.1) is 0 Å². The van der Waals surface area contributed by atoms with Gasteiger partial charge in [-0.2, -0.15) is 15.0 Å². The molecule has 106 valence electrons. The van der Waals surface area contributed by atoms with E-state index in [4.69, 9.17) is 11.6 Å². The summed E-state index contributed by atoms with van der Waals surface area (Å²) in [4.78, 5) is 14.3. The molecule has 0 amide bonds. The van der Waals surface area contributed by atoms with Gasteiger partial charge >= 0.3 is 0 Å². The van der Waals surface area contributed by atoms with Crippen LogP contribution in [0.1, 0.15) is 32.6 Å². The number of rotatable bonds is 4. The molecule has 19 heavy (non-hydrogen) atoms. The van der Waals surface area contributed by atoms with Gasteiger partial charge in [0, 0.05) is 20.6 Å². The minimum Gasteiger partial charge on any atom is -0.354 e. The van der Waals surface area contributed by atoms with Crippen LogP contribution in [0.25, 0.3) is 0 Å². The van der Waals surface area contributed by atoms with Crippen LogP contribution in [0, 0.1) is 11.8 Å². The lowest BCUT2D eigenvalue weighted by Gasteiger charge is -2.26. The first-order valence-corrected chi connectivity index (χ1v) is 7.25. The zero-order chi connectivity index (χ0) is 13.8. The quantitative estimate of drug-likeness (QED) is 0.921. The van der Waals surface area contributed by atoms with Crippen molar-refractivity contribution >= 4 is 23.5 Å². The molecule has 0 aromatic carbocycles. The Bertz CT molecular complexity index is 415. The number of hydrogen-bond donors (Lipinski definition) is 1. The summed E-state index contributed by atoms with van der Waals surface area (Å²) in [6, 6.07) is 0. The van der Waals surface area contributed by atoms with Gasteiger partial charge in [-0.15, -0.1) is 0 Å². The predicted octanol–water partition coefficient (Wildman–Crippen LogP) is 2.83. The molecule has 1 aliphatic carbocycles. The summed E-state index contributed by atoms with van der Waals surface area (Å²) in [6.45, 7) is 3.25. The maximum absolute atomic E-state index is 5.91. The second kappa shape index (κ2) is 6.37. The Hall–Kier alpha value is -1.10. The Labute approximate surface area is 119 Å². The molecule has 0 spiro atoms. The highest BCUT2D eigenvalue weighted by molar-refractivity contribution is 6.28. The van der Waals surface area contributed by atoms with Gasteiger partial charge in [-0.05, 0) is 36.3 Å². The first kappa shape index (κ1) is 14.3. The Morgan fingerprint density at radius 2 is 1.84 bits per heavy atom. The van der Waals surface area contributed by atoms with Crippen LogP contribution >= 0.6 is 11.6 Å². The summed E-state index contributed by atoms with van der Waals surface area (Å²) in [6.07, 6.45) is 5.22. The molecule has 1 aliphatic rings. The third-order valence-electron chi connectivity index (χ3n) is 3.68. The van der Waals surface area contributed by atoms with E-state index in [1.807, 2.05) is 19.0 Å². The van der Waals surface area contributed by atoms with E-state index in [1.165, 1.54) is 25.7 Å². The summed E-state index contributed by atoms with van der Waals surface area (Å²) in [5.41, 5.74) is 0. The van der Waals surface area contributed by atoms with Crippen molar-refractivity contribution in [2.24, 2.45) is 11.8 Å². The van der Waals surface area contributed by atoms with Crippen LogP contribution in [0.4, 0.5) is 11.9 Å². The fourth-order valence-corrected chi connectivity index (χ4v) is 2.54. The van der Waals surface area contributed by atoms with E-state index in [9.17, 15) is 0 Å². The molecule has 2 rings (SSSR count). The van der Waals surface area contributed by atoms with Crippen molar-refractivity contribution in [2.75, 3.05) is 30.9 Å². The molecule has 0 atom stereocenters. The molecule has 1 fully saturated rings. The maximum atomic E-state index is 5.91. The molecule has 1 aromatic rings. The van der Waals surface area contributed by atoms with Crippen molar-refractivity contribution in [1.29, 1.82) is 0 Å². The van der Waals surface area contributed by atoms with Crippen molar-refractivity contribution in [2.45, 2.75) is 32.6 Å². The first-order valence-electron chi connectivity index (χ1n) is 6.87. The summed E-state index contributed by atoms with van der Waals surface area (Å²) >= 11 is 5.91. The monoisotopic (exact) mass is 283 g/mol.